The van der Waals surface area contributed by atoms with Crippen molar-refractivity contribution in [1.29, 1.82) is 0 Å². The first-order valence-corrected chi connectivity index (χ1v) is 4.64. The Hall–Kier alpha value is -0.580. The molecule has 59 valence electrons. The fourth-order valence-corrected chi connectivity index (χ4v) is 0.693. The largest absolute Gasteiger partial charge is 0.465 e. The summed E-state index contributed by atoms with van der Waals surface area (Å²) in [4.78, 5) is 10.0. The lowest BCUT2D eigenvalue weighted by Gasteiger charge is -1.97. The molecule has 0 amide bonds. The predicted octanol–water partition coefficient (Wildman–Crippen LogP) is -0.592. The minimum absolute atomic E-state index is 0.110. The van der Waals surface area contributed by atoms with E-state index in [9.17, 15) is 13.2 Å². The van der Waals surface area contributed by atoms with E-state index in [1.54, 1.807) is 0 Å². The molecule has 0 unspecified atom stereocenters. The summed E-state index contributed by atoms with van der Waals surface area (Å²) in [6.45, 7) is 2.79. The number of rotatable bonds is 3. The van der Waals surface area contributed by atoms with Gasteiger partial charge in [0.1, 0.15) is 6.61 Å². The molecule has 0 bridgehead atoms. The van der Waals surface area contributed by atoms with Gasteiger partial charge in [-0.2, -0.15) is 0 Å². The zero-order chi connectivity index (χ0) is 8.20. The Bertz CT molecular complexity index is 204. The summed E-state index contributed by atoms with van der Waals surface area (Å²) in [6.07, 6.45) is 1.07. The average Bonchev–Trinajstić information content (AvgIpc) is 1.59. The molecule has 0 spiro atoms. The SMILES string of the molecule is [CH2]C(=O)OCCS(C)(=O)=O. The highest BCUT2D eigenvalue weighted by molar-refractivity contribution is 7.90. The molecule has 0 aliphatic carbocycles. The van der Waals surface area contributed by atoms with Gasteiger partial charge in [-0.15, -0.1) is 0 Å². The highest BCUT2D eigenvalue weighted by atomic mass is 32.2. The van der Waals surface area contributed by atoms with E-state index in [0.29, 0.717) is 0 Å². The minimum Gasteiger partial charge on any atom is -0.465 e. The third kappa shape index (κ3) is 7.42. The van der Waals surface area contributed by atoms with Crippen LogP contribution in [0, 0.1) is 6.92 Å². The van der Waals surface area contributed by atoms with Crippen molar-refractivity contribution in [3.8, 4) is 0 Å². The van der Waals surface area contributed by atoms with Gasteiger partial charge in [0.05, 0.1) is 12.7 Å². The Morgan fingerprint density at radius 1 is 1.60 bits per heavy atom. The van der Waals surface area contributed by atoms with Gasteiger partial charge in [-0.05, 0) is 0 Å². The number of ether oxygens (including phenoxy) is 1. The summed E-state index contributed by atoms with van der Waals surface area (Å²) in [5, 5.41) is 0. The molecule has 0 saturated carbocycles. The number of hydrogen-bond acceptors (Lipinski definition) is 4. The number of carbonyl (C=O) groups excluding carboxylic acids is 1. The Balaban J connectivity index is 3.49. The van der Waals surface area contributed by atoms with E-state index < -0.39 is 15.8 Å². The van der Waals surface area contributed by atoms with Gasteiger partial charge < -0.3 is 4.74 Å². The van der Waals surface area contributed by atoms with Crippen LogP contribution in [0.25, 0.3) is 0 Å². The van der Waals surface area contributed by atoms with Crippen LogP contribution in [-0.4, -0.2) is 33.0 Å². The fraction of sp³-hybridized carbons (Fsp3) is 0.600. The van der Waals surface area contributed by atoms with Crippen LogP contribution in [0.1, 0.15) is 0 Å². The van der Waals surface area contributed by atoms with Crippen molar-refractivity contribution in [3.05, 3.63) is 6.92 Å². The maximum Gasteiger partial charge on any atom is 0.306 e. The van der Waals surface area contributed by atoms with Crippen LogP contribution in [0.15, 0.2) is 0 Å². The Morgan fingerprint density at radius 2 is 2.10 bits per heavy atom. The lowest BCUT2D eigenvalue weighted by molar-refractivity contribution is -0.137. The van der Waals surface area contributed by atoms with Crippen molar-refractivity contribution in [2.24, 2.45) is 0 Å². The molecule has 0 saturated heterocycles. The predicted molar refractivity (Wildman–Crippen MR) is 36.0 cm³/mol. The molecule has 0 aromatic rings. The lowest BCUT2D eigenvalue weighted by Crippen LogP contribution is -2.12. The monoisotopic (exact) mass is 165 g/mol. The smallest absolute Gasteiger partial charge is 0.306 e. The molecule has 4 nitrogen and oxygen atoms in total. The second-order valence-corrected chi connectivity index (χ2v) is 4.11. The highest BCUT2D eigenvalue weighted by Crippen LogP contribution is 1.83. The number of esters is 1. The average molecular weight is 165 g/mol. The first-order valence-electron chi connectivity index (χ1n) is 2.58. The number of sulfone groups is 1. The summed E-state index contributed by atoms with van der Waals surface area (Å²) in [6, 6.07) is 0. The minimum atomic E-state index is -3.02. The van der Waals surface area contributed by atoms with E-state index >= 15 is 0 Å². The van der Waals surface area contributed by atoms with Crippen LogP contribution in [0.5, 0.6) is 0 Å². The highest BCUT2D eigenvalue weighted by Gasteiger charge is 2.02. The van der Waals surface area contributed by atoms with Crippen molar-refractivity contribution in [2.75, 3.05) is 18.6 Å². The zero-order valence-corrected chi connectivity index (χ0v) is 6.48. The van der Waals surface area contributed by atoms with Crippen LogP contribution in [0.4, 0.5) is 0 Å². The number of hydrogen-bond donors (Lipinski definition) is 0. The standard InChI is InChI=1S/C5H9O4S/c1-5(6)9-3-4-10(2,7)8/h1,3-4H2,2H3. The Kier molecular flexibility index (Phi) is 3.35. The summed E-state index contributed by atoms with van der Waals surface area (Å²) in [7, 11) is -3.02. The van der Waals surface area contributed by atoms with E-state index in [2.05, 4.69) is 11.7 Å². The second kappa shape index (κ2) is 3.55. The van der Waals surface area contributed by atoms with Crippen LogP contribution in [0.2, 0.25) is 0 Å². The molecular weight excluding hydrogens is 156 g/mol. The molecular formula is C5H9O4S. The van der Waals surface area contributed by atoms with Gasteiger partial charge in [-0.1, -0.05) is 0 Å². The molecule has 0 aromatic carbocycles. The van der Waals surface area contributed by atoms with Crippen LogP contribution in [0.3, 0.4) is 0 Å². The molecule has 10 heavy (non-hydrogen) atoms. The van der Waals surface area contributed by atoms with Crippen molar-refractivity contribution in [1.82, 2.24) is 0 Å². The summed E-state index contributed by atoms with van der Waals surface area (Å²) < 4.78 is 25.1. The quantitative estimate of drug-likeness (QED) is 0.524. The molecule has 1 radical (unpaired) electrons. The Morgan fingerprint density at radius 3 is 2.40 bits per heavy atom. The third-order valence-corrected chi connectivity index (χ3v) is 1.63. The first kappa shape index (κ1) is 9.42. The summed E-state index contributed by atoms with van der Waals surface area (Å²) in [5.41, 5.74) is 0. The topological polar surface area (TPSA) is 60.4 Å². The van der Waals surface area contributed by atoms with E-state index in [-0.39, 0.29) is 12.4 Å². The molecule has 0 aromatic heterocycles. The van der Waals surface area contributed by atoms with E-state index in [1.807, 2.05) is 0 Å². The molecule has 0 rings (SSSR count). The van der Waals surface area contributed by atoms with Crippen LogP contribution < -0.4 is 0 Å². The molecule has 5 heteroatoms. The lowest BCUT2D eigenvalue weighted by atomic mass is 10.8. The summed E-state index contributed by atoms with van der Waals surface area (Å²) >= 11 is 0. The van der Waals surface area contributed by atoms with Gasteiger partial charge in [-0.25, -0.2) is 8.42 Å². The van der Waals surface area contributed by atoms with Crippen LogP contribution in [-0.2, 0) is 19.4 Å². The normalized spacial score (nSPS) is 11.0. The molecule has 0 aliphatic rings. The summed E-state index contributed by atoms with van der Waals surface area (Å²) in [5.74, 6) is -0.850. The first-order chi connectivity index (χ1) is 4.42. The molecule has 0 N–H and O–H groups in total. The van der Waals surface area contributed by atoms with Crippen molar-refractivity contribution in [3.63, 3.8) is 0 Å². The van der Waals surface area contributed by atoms with Crippen molar-refractivity contribution >= 4 is 15.8 Å². The molecule has 0 fully saturated rings. The van der Waals surface area contributed by atoms with Gasteiger partial charge in [0, 0.05) is 6.26 Å². The number of carbonyl (C=O) groups is 1. The van der Waals surface area contributed by atoms with Gasteiger partial charge in [0.25, 0.3) is 0 Å². The second-order valence-electron chi connectivity index (χ2n) is 1.85. The van der Waals surface area contributed by atoms with E-state index in [0.717, 1.165) is 6.26 Å². The van der Waals surface area contributed by atoms with Gasteiger partial charge in [-0.3, -0.25) is 4.79 Å². The molecule has 0 heterocycles. The van der Waals surface area contributed by atoms with Gasteiger partial charge >= 0.3 is 5.97 Å². The van der Waals surface area contributed by atoms with Crippen molar-refractivity contribution in [2.45, 2.75) is 0 Å². The fourth-order valence-electron chi connectivity index (χ4n) is 0.307. The van der Waals surface area contributed by atoms with E-state index in [4.69, 9.17) is 0 Å². The zero-order valence-electron chi connectivity index (χ0n) is 5.66. The maximum atomic E-state index is 10.4. The van der Waals surface area contributed by atoms with Crippen molar-refractivity contribution < 1.29 is 17.9 Å². The maximum absolute atomic E-state index is 10.4. The molecule has 0 atom stereocenters. The Labute approximate surface area is 60.1 Å². The molecule has 0 aliphatic heterocycles. The third-order valence-electron chi connectivity index (χ3n) is 0.717. The van der Waals surface area contributed by atoms with Gasteiger partial charge in [0.15, 0.2) is 9.84 Å². The van der Waals surface area contributed by atoms with Crippen LogP contribution >= 0.6 is 0 Å². The van der Waals surface area contributed by atoms with Gasteiger partial charge in [0.2, 0.25) is 0 Å². The van der Waals surface area contributed by atoms with E-state index in [1.165, 1.54) is 0 Å².